The van der Waals surface area contributed by atoms with Crippen LogP contribution in [0.25, 0.3) is 87.3 Å². The Labute approximate surface area is 312 Å². The summed E-state index contributed by atoms with van der Waals surface area (Å²) in [6.07, 6.45) is 0. The first-order valence-corrected chi connectivity index (χ1v) is 18.5. The zero-order valence-electron chi connectivity index (χ0n) is 29.4. The number of anilines is 3. The van der Waals surface area contributed by atoms with Gasteiger partial charge in [-0.25, -0.2) is 0 Å². The van der Waals surface area contributed by atoms with Crippen molar-refractivity contribution in [1.82, 2.24) is 0 Å². The minimum Gasteiger partial charge on any atom is -0.456 e. The van der Waals surface area contributed by atoms with E-state index >= 15 is 0 Å². The Balaban J connectivity index is 1.31. The molecule has 0 saturated carbocycles. The summed E-state index contributed by atoms with van der Waals surface area (Å²) in [5, 5.41) is 12.0. The van der Waals surface area contributed by atoms with Crippen molar-refractivity contribution in [1.29, 1.82) is 0 Å². The average Bonchev–Trinajstić information content (AvgIpc) is 3.63. The van der Waals surface area contributed by atoms with Gasteiger partial charge in [0.15, 0.2) is 0 Å². The van der Waals surface area contributed by atoms with Crippen LogP contribution >= 0.6 is 0 Å². The molecule has 0 unspecified atom stereocenters. The second-order valence-electron chi connectivity index (χ2n) is 14.0. The molecule has 0 saturated heterocycles. The molecule has 0 N–H and O–H groups in total. The van der Waals surface area contributed by atoms with Gasteiger partial charge < -0.3 is 9.32 Å². The summed E-state index contributed by atoms with van der Waals surface area (Å²) in [6.45, 7) is 0. The molecule has 0 amide bonds. The van der Waals surface area contributed by atoms with Gasteiger partial charge in [-0.3, -0.25) is 0 Å². The molecule has 2 nitrogen and oxygen atoms in total. The van der Waals surface area contributed by atoms with Crippen LogP contribution in [-0.2, 0) is 0 Å². The third-order valence-electron chi connectivity index (χ3n) is 11.0. The van der Waals surface area contributed by atoms with Crippen LogP contribution in [0, 0.1) is 0 Å². The van der Waals surface area contributed by atoms with Crippen LogP contribution in [0.2, 0.25) is 0 Å². The maximum absolute atomic E-state index is 6.51. The van der Waals surface area contributed by atoms with Crippen molar-refractivity contribution < 1.29 is 4.42 Å². The maximum atomic E-state index is 6.51. The van der Waals surface area contributed by atoms with E-state index in [1.807, 2.05) is 6.07 Å². The topological polar surface area (TPSA) is 16.4 Å². The standard InChI is InChI=1S/C52H33NO/c1-3-16-34(17-4-1)50-43-25-12-10-23-40(43)41-31-30-37(33-45(41)51(50)35-18-5-2-6-19-35)53(46-27-15-29-49-52(46)44-26-13-14-28-48(44)54-49)47-32-36-20-7-8-21-38(36)39-22-9-11-24-42(39)47/h1-33H. The summed E-state index contributed by atoms with van der Waals surface area (Å²) in [7, 11) is 0. The molecule has 1 heterocycles. The fraction of sp³-hybridized carbons (Fsp3) is 0. The Morgan fingerprint density at radius 2 is 0.852 bits per heavy atom. The minimum absolute atomic E-state index is 0.868. The highest BCUT2D eigenvalue weighted by Gasteiger charge is 2.24. The highest BCUT2D eigenvalue weighted by atomic mass is 16.3. The predicted octanol–water partition coefficient (Wildman–Crippen LogP) is 15.0. The van der Waals surface area contributed by atoms with Crippen LogP contribution in [-0.4, -0.2) is 0 Å². The molecular weight excluding hydrogens is 655 g/mol. The number of hydrogen-bond donors (Lipinski definition) is 0. The van der Waals surface area contributed by atoms with Crippen LogP contribution in [0.3, 0.4) is 0 Å². The molecular formula is C52H33NO. The van der Waals surface area contributed by atoms with Crippen molar-refractivity contribution in [3.63, 3.8) is 0 Å². The highest BCUT2D eigenvalue weighted by molar-refractivity contribution is 6.23. The first-order valence-electron chi connectivity index (χ1n) is 18.5. The summed E-state index contributed by atoms with van der Waals surface area (Å²) < 4.78 is 6.51. The first-order chi connectivity index (χ1) is 26.8. The van der Waals surface area contributed by atoms with E-state index in [1.54, 1.807) is 0 Å². The van der Waals surface area contributed by atoms with Crippen LogP contribution in [0.1, 0.15) is 0 Å². The molecule has 10 aromatic carbocycles. The van der Waals surface area contributed by atoms with Crippen LogP contribution in [0.5, 0.6) is 0 Å². The Morgan fingerprint density at radius 1 is 0.315 bits per heavy atom. The molecule has 11 rings (SSSR count). The number of para-hydroxylation sites is 1. The first kappa shape index (κ1) is 30.5. The van der Waals surface area contributed by atoms with Crippen molar-refractivity contribution >= 4 is 82.1 Å². The van der Waals surface area contributed by atoms with Gasteiger partial charge in [0.05, 0.1) is 16.8 Å². The second kappa shape index (κ2) is 12.2. The molecule has 0 bridgehead atoms. The van der Waals surface area contributed by atoms with Crippen LogP contribution in [0.4, 0.5) is 17.1 Å². The zero-order chi connectivity index (χ0) is 35.6. The van der Waals surface area contributed by atoms with E-state index in [-0.39, 0.29) is 0 Å². The number of hydrogen-bond acceptors (Lipinski definition) is 2. The van der Waals surface area contributed by atoms with E-state index in [2.05, 4.69) is 199 Å². The Hall–Kier alpha value is -7.16. The molecule has 0 aliphatic heterocycles. The third-order valence-corrected chi connectivity index (χ3v) is 11.0. The molecule has 0 fully saturated rings. The van der Waals surface area contributed by atoms with Crippen molar-refractivity contribution in [3.05, 3.63) is 200 Å². The average molecular weight is 688 g/mol. The molecule has 0 spiro atoms. The highest BCUT2D eigenvalue weighted by Crippen LogP contribution is 2.50. The van der Waals surface area contributed by atoms with Crippen LogP contribution in [0.15, 0.2) is 205 Å². The molecule has 0 radical (unpaired) electrons. The van der Waals surface area contributed by atoms with Crippen LogP contribution < -0.4 is 4.90 Å². The summed E-state index contributed by atoms with van der Waals surface area (Å²) in [5.41, 5.74) is 9.88. The Bertz CT molecular complexity index is 3210. The monoisotopic (exact) mass is 687 g/mol. The van der Waals surface area contributed by atoms with Crippen molar-refractivity contribution in [2.24, 2.45) is 0 Å². The molecule has 2 heteroatoms. The lowest BCUT2D eigenvalue weighted by Crippen LogP contribution is -2.11. The van der Waals surface area contributed by atoms with Crippen molar-refractivity contribution in [3.8, 4) is 22.3 Å². The summed E-state index contributed by atoms with van der Waals surface area (Å²) in [6, 6.07) is 72.4. The number of furan rings is 1. The molecule has 252 valence electrons. The molecule has 54 heavy (non-hydrogen) atoms. The molecule has 0 aliphatic carbocycles. The van der Waals surface area contributed by atoms with Gasteiger partial charge in [0.25, 0.3) is 0 Å². The molecule has 11 aromatic rings. The smallest absolute Gasteiger partial charge is 0.137 e. The minimum atomic E-state index is 0.868. The summed E-state index contributed by atoms with van der Waals surface area (Å²) in [4.78, 5) is 2.46. The van der Waals surface area contributed by atoms with Gasteiger partial charge in [0.2, 0.25) is 0 Å². The quantitative estimate of drug-likeness (QED) is 0.168. The fourth-order valence-corrected chi connectivity index (χ4v) is 8.70. The van der Waals surface area contributed by atoms with Gasteiger partial charge in [-0.1, -0.05) is 164 Å². The van der Waals surface area contributed by atoms with Gasteiger partial charge >= 0.3 is 0 Å². The van der Waals surface area contributed by atoms with Gasteiger partial charge in [-0.2, -0.15) is 0 Å². The Kier molecular flexibility index (Phi) is 6.90. The second-order valence-corrected chi connectivity index (χ2v) is 14.0. The Morgan fingerprint density at radius 3 is 1.59 bits per heavy atom. The van der Waals surface area contributed by atoms with Gasteiger partial charge in [0, 0.05) is 16.5 Å². The molecule has 0 aliphatic rings. The lowest BCUT2D eigenvalue weighted by molar-refractivity contribution is 0.669. The number of benzene rings is 10. The van der Waals surface area contributed by atoms with E-state index in [9.17, 15) is 0 Å². The van der Waals surface area contributed by atoms with Gasteiger partial charge in [-0.15, -0.1) is 0 Å². The predicted molar refractivity (Wildman–Crippen MR) is 229 cm³/mol. The third kappa shape index (κ3) is 4.67. The lowest BCUT2D eigenvalue weighted by Gasteiger charge is -2.29. The molecule has 1 aromatic heterocycles. The largest absolute Gasteiger partial charge is 0.456 e. The summed E-state index contributed by atoms with van der Waals surface area (Å²) >= 11 is 0. The summed E-state index contributed by atoms with van der Waals surface area (Å²) in [5.74, 6) is 0. The zero-order valence-corrected chi connectivity index (χ0v) is 29.4. The lowest BCUT2D eigenvalue weighted by atomic mass is 9.85. The number of rotatable bonds is 5. The van der Waals surface area contributed by atoms with E-state index < -0.39 is 0 Å². The molecule has 0 atom stereocenters. The van der Waals surface area contributed by atoms with E-state index in [0.29, 0.717) is 0 Å². The normalized spacial score (nSPS) is 11.7. The van der Waals surface area contributed by atoms with E-state index in [1.165, 1.54) is 65.3 Å². The maximum Gasteiger partial charge on any atom is 0.137 e. The number of fused-ring (bicyclic) bond motifs is 9. The van der Waals surface area contributed by atoms with Gasteiger partial charge in [-0.05, 0) is 96.4 Å². The fourth-order valence-electron chi connectivity index (χ4n) is 8.70. The van der Waals surface area contributed by atoms with E-state index in [0.717, 1.165) is 39.0 Å². The van der Waals surface area contributed by atoms with Gasteiger partial charge in [0.1, 0.15) is 11.2 Å². The van der Waals surface area contributed by atoms with Crippen molar-refractivity contribution in [2.75, 3.05) is 4.90 Å². The van der Waals surface area contributed by atoms with Crippen molar-refractivity contribution in [2.45, 2.75) is 0 Å². The SMILES string of the molecule is c1ccc(-c2c(-c3ccccc3)c3cc(N(c4cc5ccccc5c5ccccc45)c4cccc5oc6ccccc6c45)ccc3c3ccccc23)cc1. The van der Waals surface area contributed by atoms with E-state index in [4.69, 9.17) is 4.42 Å². The number of nitrogens with zero attached hydrogens (tertiary/aromatic N) is 1.